The zero-order chi connectivity index (χ0) is 22.3. The number of nitrogens with two attached hydrogens (primary N) is 1. The fourth-order valence-corrected chi connectivity index (χ4v) is 3.02. The number of hydrogen-bond donors (Lipinski definition) is 5. The van der Waals surface area contributed by atoms with E-state index in [0.717, 1.165) is 16.5 Å². The van der Waals surface area contributed by atoms with Crippen molar-refractivity contribution in [2.75, 3.05) is 0 Å². The van der Waals surface area contributed by atoms with E-state index in [1.807, 2.05) is 24.3 Å². The lowest BCUT2D eigenvalue weighted by molar-refractivity contribution is -0.138. The highest BCUT2D eigenvalue weighted by molar-refractivity contribution is 5.91. The highest BCUT2D eigenvalue weighted by atomic mass is 16.4. The van der Waals surface area contributed by atoms with Crippen molar-refractivity contribution in [3.63, 3.8) is 0 Å². The molecule has 2 rings (SSSR count). The summed E-state index contributed by atoms with van der Waals surface area (Å²) in [5.74, 6) is -2.48. The first-order chi connectivity index (χ1) is 14.2. The standard InChI is InChI=1S/C21H27N4O5/c1-12(2)19(22)21(30)25-17(7-8-18(27)28)20(29)24-14(11-26)9-13-10-23-16-6-4-3-5-15(13)16/h3-6,10,12,14,17,19,23H,7-9,22H2,1-2H3,(H,24,29)(H,25,30)(H,27,28)/t14-,17-,19-/m0/s1. The van der Waals surface area contributed by atoms with E-state index in [2.05, 4.69) is 15.6 Å². The van der Waals surface area contributed by atoms with Gasteiger partial charge in [-0.05, 0) is 24.0 Å². The molecule has 0 unspecified atom stereocenters. The molecular weight excluding hydrogens is 388 g/mol. The quantitative estimate of drug-likeness (QED) is 0.363. The molecule has 2 amide bonds. The average Bonchev–Trinajstić information content (AvgIpc) is 3.12. The Morgan fingerprint density at radius 1 is 1.17 bits per heavy atom. The van der Waals surface area contributed by atoms with Gasteiger partial charge in [-0.25, -0.2) is 0 Å². The fraction of sp³-hybridized carbons (Fsp3) is 0.429. The van der Waals surface area contributed by atoms with E-state index in [4.69, 9.17) is 10.8 Å². The second-order valence-corrected chi connectivity index (χ2v) is 7.51. The Morgan fingerprint density at radius 3 is 2.50 bits per heavy atom. The van der Waals surface area contributed by atoms with Crippen molar-refractivity contribution in [2.45, 2.75) is 51.2 Å². The monoisotopic (exact) mass is 415 g/mol. The van der Waals surface area contributed by atoms with Gasteiger partial charge in [0, 0.05) is 29.9 Å². The molecule has 2 aromatic rings. The van der Waals surface area contributed by atoms with Crippen LogP contribution in [0.3, 0.4) is 0 Å². The van der Waals surface area contributed by atoms with Crippen molar-refractivity contribution >= 4 is 35.0 Å². The van der Waals surface area contributed by atoms with E-state index in [-0.39, 0.29) is 25.2 Å². The fourth-order valence-electron chi connectivity index (χ4n) is 3.02. The lowest BCUT2D eigenvalue weighted by Crippen LogP contribution is -2.54. The SMILES string of the molecule is CC(C)[C@H](N)C(=O)N[C@@H](CCC(=O)O)C(=O)N[C@H]([C]=O)Cc1c[nH]c2ccccc12. The Labute approximate surface area is 174 Å². The molecule has 0 aliphatic rings. The maximum Gasteiger partial charge on any atom is 0.303 e. The summed E-state index contributed by atoms with van der Waals surface area (Å²) in [5.41, 5.74) is 7.54. The number of para-hydroxylation sites is 1. The molecule has 30 heavy (non-hydrogen) atoms. The van der Waals surface area contributed by atoms with Crippen LogP contribution in [0.15, 0.2) is 30.5 Å². The molecular formula is C21H27N4O5. The topological polar surface area (TPSA) is 154 Å². The highest BCUT2D eigenvalue weighted by Crippen LogP contribution is 2.19. The normalized spacial score (nSPS) is 14.1. The number of aromatic amines is 1. The third kappa shape index (κ3) is 6.15. The number of H-pyrrole nitrogens is 1. The lowest BCUT2D eigenvalue weighted by atomic mass is 10.0. The number of aliphatic carboxylic acids is 1. The summed E-state index contributed by atoms with van der Waals surface area (Å²) in [6.07, 6.45) is 3.30. The smallest absolute Gasteiger partial charge is 0.303 e. The zero-order valence-corrected chi connectivity index (χ0v) is 17.0. The summed E-state index contributed by atoms with van der Waals surface area (Å²) in [4.78, 5) is 50.4. The summed E-state index contributed by atoms with van der Waals surface area (Å²) >= 11 is 0. The van der Waals surface area contributed by atoms with Crippen LogP contribution in [0.5, 0.6) is 0 Å². The molecule has 0 aliphatic heterocycles. The second kappa shape index (κ2) is 10.5. The molecule has 9 heteroatoms. The van der Waals surface area contributed by atoms with Crippen LogP contribution in [0.25, 0.3) is 10.9 Å². The molecule has 161 valence electrons. The van der Waals surface area contributed by atoms with Gasteiger partial charge in [0.25, 0.3) is 0 Å². The molecule has 0 saturated carbocycles. The number of carbonyl (C=O) groups is 3. The predicted octanol–water partition coefficient (Wildman–Crippen LogP) is 0.638. The Balaban J connectivity index is 2.09. The number of hydrogen-bond acceptors (Lipinski definition) is 5. The summed E-state index contributed by atoms with van der Waals surface area (Å²) in [5, 5.41) is 14.9. The van der Waals surface area contributed by atoms with Gasteiger partial charge in [-0.1, -0.05) is 32.0 Å². The molecule has 0 bridgehead atoms. The number of carboxylic acid groups (broad SMARTS) is 1. The van der Waals surface area contributed by atoms with E-state index in [0.29, 0.717) is 0 Å². The van der Waals surface area contributed by atoms with Gasteiger partial charge in [-0.2, -0.15) is 0 Å². The zero-order valence-electron chi connectivity index (χ0n) is 17.0. The Hall–Kier alpha value is -3.20. The largest absolute Gasteiger partial charge is 0.481 e. The van der Waals surface area contributed by atoms with Crippen molar-refractivity contribution in [3.8, 4) is 0 Å². The first-order valence-electron chi connectivity index (χ1n) is 9.73. The van der Waals surface area contributed by atoms with Crippen LogP contribution in [-0.4, -0.2) is 52.3 Å². The molecule has 9 nitrogen and oxygen atoms in total. The summed E-state index contributed by atoms with van der Waals surface area (Å²) in [6, 6.07) is 4.61. The van der Waals surface area contributed by atoms with Gasteiger partial charge in [0.2, 0.25) is 18.1 Å². The van der Waals surface area contributed by atoms with E-state index >= 15 is 0 Å². The van der Waals surface area contributed by atoms with Gasteiger partial charge < -0.3 is 26.5 Å². The number of carbonyl (C=O) groups excluding carboxylic acids is 3. The van der Waals surface area contributed by atoms with Gasteiger partial charge >= 0.3 is 5.97 Å². The number of rotatable bonds is 11. The highest BCUT2D eigenvalue weighted by Gasteiger charge is 2.27. The maximum absolute atomic E-state index is 12.7. The Kier molecular flexibility index (Phi) is 8.11. The lowest BCUT2D eigenvalue weighted by Gasteiger charge is -2.23. The first-order valence-corrected chi connectivity index (χ1v) is 9.73. The van der Waals surface area contributed by atoms with Crippen molar-refractivity contribution in [3.05, 3.63) is 36.0 Å². The van der Waals surface area contributed by atoms with Crippen LogP contribution in [0, 0.1) is 5.92 Å². The number of fused-ring (bicyclic) bond motifs is 1. The molecule has 3 atom stereocenters. The number of amides is 2. The van der Waals surface area contributed by atoms with E-state index in [1.165, 1.54) is 0 Å². The van der Waals surface area contributed by atoms with Crippen LogP contribution in [-0.2, 0) is 25.6 Å². The van der Waals surface area contributed by atoms with E-state index < -0.39 is 35.9 Å². The van der Waals surface area contributed by atoms with Crippen LogP contribution in [0.4, 0.5) is 0 Å². The van der Waals surface area contributed by atoms with Gasteiger partial charge in [0.15, 0.2) is 0 Å². The van der Waals surface area contributed by atoms with Crippen LogP contribution < -0.4 is 16.4 Å². The van der Waals surface area contributed by atoms with Crippen LogP contribution in [0.1, 0.15) is 32.3 Å². The molecule has 0 saturated heterocycles. The van der Waals surface area contributed by atoms with Gasteiger partial charge in [0.1, 0.15) is 6.04 Å². The van der Waals surface area contributed by atoms with Gasteiger partial charge in [-0.3, -0.25) is 19.2 Å². The minimum absolute atomic E-state index is 0.129. The van der Waals surface area contributed by atoms with E-state index in [9.17, 15) is 19.2 Å². The van der Waals surface area contributed by atoms with Crippen molar-refractivity contribution in [1.29, 1.82) is 0 Å². The van der Waals surface area contributed by atoms with Crippen molar-refractivity contribution in [2.24, 2.45) is 11.7 Å². The minimum Gasteiger partial charge on any atom is -0.481 e. The van der Waals surface area contributed by atoms with Gasteiger partial charge in [0.05, 0.1) is 12.1 Å². The summed E-state index contributed by atoms with van der Waals surface area (Å²) < 4.78 is 0. The minimum atomic E-state index is -1.13. The summed E-state index contributed by atoms with van der Waals surface area (Å²) in [6.45, 7) is 3.52. The van der Waals surface area contributed by atoms with Crippen LogP contribution in [0.2, 0.25) is 0 Å². The number of aromatic nitrogens is 1. The summed E-state index contributed by atoms with van der Waals surface area (Å²) in [7, 11) is 0. The second-order valence-electron chi connectivity index (χ2n) is 7.51. The molecule has 0 spiro atoms. The third-order valence-corrected chi connectivity index (χ3v) is 4.86. The van der Waals surface area contributed by atoms with Crippen molar-refractivity contribution < 1.29 is 24.3 Å². The molecule has 1 aromatic carbocycles. The maximum atomic E-state index is 12.7. The molecule has 0 fully saturated rings. The number of carboxylic acids is 1. The first kappa shape index (κ1) is 23.1. The molecule has 1 heterocycles. The third-order valence-electron chi connectivity index (χ3n) is 4.86. The van der Waals surface area contributed by atoms with Crippen LogP contribution >= 0.6 is 0 Å². The number of nitrogens with one attached hydrogen (secondary N) is 3. The van der Waals surface area contributed by atoms with Crippen molar-refractivity contribution in [1.82, 2.24) is 15.6 Å². The Morgan fingerprint density at radius 2 is 1.87 bits per heavy atom. The molecule has 0 aliphatic carbocycles. The molecule has 1 radical (unpaired) electrons. The molecule has 1 aromatic heterocycles. The predicted molar refractivity (Wildman–Crippen MR) is 111 cm³/mol. The Bertz CT molecular complexity index is 908. The molecule has 6 N–H and O–H groups in total. The van der Waals surface area contributed by atoms with E-state index in [1.54, 1.807) is 26.3 Å². The van der Waals surface area contributed by atoms with Gasteiger partial charge in [-0.15, -0.1) is 0 Å². The number of benzene rings is 1. The average molecular weight is 415 g/mol.